The summed E-state index contributed by atoms with van der Waals surface area (Å²) in [6, 6.07) is 12.2. The molecule has 1 atom stereocenters. The lowest BCUT2D eigenvalue weighted by Gasteiger charge is -2.16. The number of benzene rings is 1. The summed E-state index contributed by atoms with van der Waals surface area (Å²) < 4.78 is 13.6. The first-order chi connectivity index (χ1) is 8.70. The Hall–Kier alpha value is -1.78. The van der Waals surface area contributed by atoms with Crippen LogP contribution in [0.25, 0.3) is 0 Å². The van der Waals surface area contributed by atoms with E-state index in [1.807, 2.05) is 31.2 Å². The van der Waals surface area contributed by atoms with Crippen LogP contribution in [0.1, 0.15) is 23.0 Å². The molecule has 0 amide bonds. The molecule has 0 saturated heterocycles. The minimum Gasteiger partial charge on any atom is -0.271 e. The molecule has 0 saturated carbocycles. The highest BCUT2D eigenvalue weighted by atomic mass is 19.1. The second kappa shape index (κ2) is 5.71. The lowest BCUT2D eigenvalue weighted by molar-refractivity contribution is 0.518. The van der Waals surface area contributed by atoms with Gasteiger partial charge in [-0.3, -0.25) is 16.3 Å². The number of hydrogen-bond donors (Lipinski definition) is 2. The molecule has 1 aromatic heterocycles. The van der Waals surface area contributed by atoms with Gasteiger partial charge in [0.15, 0.2) is 0 Å². The molecule has 0 spiro atoms. The number of nitrogens with two attached hydrogens (primary N) is 1. The van der Waals surface area contributed by atoms with E-state index in [0.717, 1.165) is 11.4 Å². The monoisotopic (exact) mass is 245 g/mol. The standard InChI is InChI=1S/C14H16FN3/c1-10-5-4-8-13(17-10)14(18-16)9-11-6-2-3-7-12(11)15/h2-8,14,18H,9,16H2,1H3. The lowest BCUT2D eigenvalue weighted by Crippen LogP contribution is -2.30. The van der Waals surface area contributed by atoms with Gasteiger partial charge in [-0.25, -0.2) is 4.39 Å². The van der Waals surface area contributed by atoms with Crippen LogP contribution in [0.2, 0.25) is 0 Å². The van der Waals surface area contributed by atoms with Crippen molar-refractivity contribution >= 4 is 0 Å². The highest BCUT2D eigenvalue weighted by molar-refractivity contribution is 5.22. The van der Waals surface area contributed by atoms with Crippen LogP contribution in [0.3, 0.4) is 0 Å². The number of pyridine rings is 1. The SMILES string of the molecule is Cc1cccc(C(Cc2ccccc2F)NN)n1. The van der Waals surface area contributed by atoms with E-state index in [-0.39, 0.29) is 11.9 Å². The second-order valence-corrected chi connectivity index (χ2v) is 4.22. The van der Waals surface area contributed by atoms with Gasteiger partial charge in [0.25, 0.3) is 0 Å². The third-order valence-corrected chi connectivity index (χ3v) is 2.85. The molecule has 3 nitrogen and oxygen atoms in total. The number of nitrogens with one attached hydrogen (secondary N) is 1. The molecule has 0 bridgehead atoms. The Kier molecular flexibility index (Phi) is 4.02. The number of hydrogen-bond acceptors (Lipinski definition) is 3. The van der Waals surface area contributed by atoms with E-state index in [1.165, 1.54) is 6.07 Å². The first-order valence-electron chi connectivity index (χ1n) is 5.84. The van der Waals surface area contributed by atoms with Crippen molar-refractivity contribution in [2.24, 2.45) is 5.84 Å². The zero-order valence-electron chi connectivity index (χ0n) is 10.2. The molecule has 0 aliphatic carbocycles. The summed E-state index contributed by atoms with van der Waals surface area (Å²) in [6.07, 6.45) is 0.472. The highest BCUT2D eigenvalue weighted by Gasteiger charge is 2.14. The molecule has 1 aromatic carbocycles. The van der Waals surface area contributed by atoms with E-state index in [0.29, 0.717) is 12.0 Å². The van der Waals surface area contributed by atoms with Crippen LogP contribution in [0.4, 0.5) is 4.39 Å². The Morgan fingerprint density at radius 3 is 2.67 bits per heavy atom. The maximum atomic E-state index is 13.6. The van der Waals surface area contributed by atoms with Gasteiger partial charge in [-0.1, -0.05) is 24.3 Å². The summed E-state index contributed by atoms with van der Waals surface area (Å²) in [4.78, 5) is 4.41. The van der Waals surface area contributed by atoms with Crippen molar-refractivity contribution in [2.45, 2.75) is 19.4 Å². The molecule has 1 heterocycles. The van der Waals surface area contributed by atoms with E-state index in [1.54, 1.807) is 12.1 Å². The first kappa shape index (κ1) is 12.7. The van der Waals surface area contributed by atoms with Crippen molar-refractivity contribution in [1.82, 2.24) is 10.4 Å². The van der Waals surface area contributed by atoms with Gasteiger partial charge in [0.05, 0.1) is 11.7 Å². The molecular weight excluding hydrogens is 229 g/mol. The van der Waals surface area contributed by atoms with E-state index >= 15 is 0 Å². The number of aromatic nitrogens is 1. The van der Waals surface area contributed by atoms with Gasteiger partial charge in [-0.2, -0.15) is 0 Å². The van der Waals surface area contributed by atoms with Crippen molar-refractivity contribution < 1.29 is 4.39 Å². The highest BCUT2D eigenvalue weighted by Crippen LogP contribution is 2.18. The van der Waals surface area contributed by atoms with Crippen molar-refractivity contribution in [3.63, 3.8) is 0 Å². The maximum absolute atomic E-state index is 13.6. The summed E-state index contributed by atoms with van der Waals surface area (Å²) >= 11 is 0. The minimum atomic E-state index is -0.217. The second-order valence-electron chi connectivity index (χ2n) is 4.22. The average Bonchev–Trinajstić information content (AvgIpc) is 2.38. The molecule has 2 aromatic rings. The Bertz CT molecular complexity index is 528. The molecule has 0 aliphatic heterocycles. The van der Waals surface area contributed by atoms with Gasteiger partial charge in [-0.15, -0.1) is 0 Å². The predicted octanol–water partition coefficient (Wildman–Crippen LogP) is 2.28. The fourth-order valence-electron chi connectivity index (χ4n) is 1.89. The zero-order valence-corrected chi connectivity index (χ0v) is 10.2. The Morgan fingerprint density at radius 1 is 1.22 bits per heavy atom. The number of halogens is 1. The first-order valence-corrected chi connectivity index (χ1v) is 5.84. The summed E-state index contributed by atoms with van der Waals surface area (Å²) in [7, 11) is 0. The Balaban J connectivity index is 2.23. The molecule has 0 radical (unpaired) electrons. The molecule has 18 heavy (non-hydrogen) atoms. The normalized spacial score (nSPS) is 12.4. The van der Waals surface area contributed by atoms with Crippen LogP contribution in [0.5, 0.6) is 0 Å². The van der Waals surface area contributed by atoms with Gasteiger partial charge in [0.1, 0.15) is 5.82 Å². The lowest BCUT2D eigenvalue weighted by atomic mass is 10.0. The van der Waals surface area contributed by atoms with Gasteiger partial charge < -0.3 is 0 Å². The van der Waals surface area contributed by atoms with Gasteiger partial charge in [0.2, 0.25) is 0 Å². The minimum absolute atomic E-state index is 0.193. The number of rotatable bonds is 4. The quantitative estimate of drug-likeness (QED) is 0.642. The van der Waals surface area contributed by atoms with Crippen molar-refractivity contribution in [2.75, 3.05) is 0 Å². The molecule has 4 heteroatoms. The van der Waals surface area contributed by atoms with Crippen LogP contribution in [-0.2, 0) is 6.42 Å². The third kappa shape index (κ3) is 2.91. The third-order valence-electron chi connectivity index (χ3n) is 2.85. The largest absolute Gasteiger partial charge is 0.271 e. The Labute approximate surface area is 106 Å². The van der Waals surface area contributed by atoms with E-state index in [4.69, 9.17) is 5.84 Å². The van der Waals surface area contributed by atoms with Gasteiger partial charge in [0, 0.05) is 5.69 Å². The van der Waals surface area contributed by atoms with Crippen molar-refractivity contribution in [1.29, 1.82) is 0 Å². The molecule has 3 N–H and O–H groups in total. The van der Waals surface area contributed by atoms with Crippen LogP contribution in [-0.4, -0.2) is 4.98 Å². The summed E-state index contributed by atoms with van der Waals surface area (Å²) in [5.74, 6) is 5.32. The van der Waals surface area contributed by atoms with E-state index in [9.17, 15) is 4.39 Å². The maximum Gasteiger partial charge on any atom is 0.126 e. The van der Waals surface area contributed by atoms with Crippen LogP contribution in [0, 0.1) is 12.7 Å². The average molecular weight is 245 g/mol. The Morgan fingerprint density at radius 2 is 2.00 bits per heavy atom. The van der Waals surface area contributed by atoms with Crippen LogP contribution in [0.15, 0.2) is 42.5 Å². The molecule has 0 aliphatic rings. The predicted molar refractivity (Wildman–Crippen MR) is 69.1 cm³/mol. The fourth-order valence-corrected chi connectivity index (χ4v) is 1.89. The van der Waals surface area contributed by atoms with E-state index < -0.39 is 0 Å². The van der Waals surface area contributed by atoms with E-state index in [2.05, 4.69) is 10.4 Å². The van der Waals surface area contributed by atoms with Gasteiger partial charge >= 0.3 is 0 Å². The zero-order chi connectivity index (χ0) is 13.0. The molecule has 94 valence electrons. The molecule has 0 fully saturated rings. The number of aryl methyl sites for hydroxylation is 1. The summed E-state index contributed by atoms with van der Waals surface area (Å²) in [5, 5.41) is 0. The fraction of sp³-hybridized carbons (Fsp3) is 0.214. The molecular formula is C14H16FN3. The molecule has 1 unspecified atom stereocenters. The van der Waals surface area contributed by atoms with Crippen LogP contribution < -0.4 is 11.3 Å². The van der Waals surface area contributed by atoms with Crippen molar-refractivity contribution in [3.8, 4) is 0 Å². The number of hydrazine groups is 1. The van der Waals surface area contributed by atoms with Gasteiger partial charge in [-0.05, 0) is 37.1 Å². The van der Waals surface area contributed by atoms with Crippen LogP contribution >= 0.6 is 0 Å². The summed E-state index contributed by atoms with van der Waals surface area (Å²) in [6.45, 7) is 1.92. The smallest absolute Gasteiger partial charge is 0.126 e. The number of nitrogens with zero attached hydrogens (tertiary/aromatic N) is 1. The molecule has 2 rings (SSSR count). The topological polar surface area (TPSA) is 50.9 Å². The summed E-state index contributed by atoms with van der Waals surface area (Å²) in [5.41, 5.74) is 5.06. The van der Waals surface area contributed by atoms with Crippen molar-refractivity contribution in [3.05, 3.63) is 65.2 Å².